The van der Waals surface area contributed by atoms with Crippen LogP contribution in [0.25, 0.3) is 0 Å². The predicted molar refractivity (Wildman–Crippen MR) is 91.6 cm³/mol. The summed E-state index contributed by atoms with van der Waals surface area (Å²) in [4.78, 5) is 12.6. The number of benzene rings is 2. The number of para-hydroxylation sites is 1. The van der Waals surface area contributed by atoms with Crippen LogP contribution < -0.4 is 10.1 Å². The van der Waals surface area contributed by atoms with E-state index in [2.05, 4.69) is 5.32 Å². The highest BCUT2D eigenvalue weighted by atomic mass is 16.5. The fraction of sp³-hybridized carbons (Fsp3) is 0.350. The first-order chi connectivity index (χ1) is 11.3. The lowest BCUT2D eigenvalue weighted by Gasteiger charge is -2.23. The van der Waals surface area contributed by atoms with Gasteiger partial charge >= 0.3 is 0 Å². The van der Waals surface area contributed by atoms with Crippen LogP contribution in [0, 0.1) is 0 Å². The van der Waals surface area contributed by atoms with Crippen molar-refractivity contribution in [1.29, 1.82) is 0 Å². The molecule has 1 amide bonds. The number of amides is 1. The minimum absolute atomic E-state index is 0.0177. The van der Waals surface area contributed by atoms with Crippen molar-refractivity contribution in [3.63, 3.8) is 0 Å². The summed E-state index contributed by atoms with van der Waals surface area (Å²) in [6.07, 6.45) is 5.89. The fourth-order valence-corrected chi connectivity index (χ4v) is 3.06. The molecular formula is C20H23NO2. The zero-order valence-electron chi connectivity index (χ0n) is 13.3. The second-order valence-corrected chi connectivity index (χ2v) is 6.07. The largest absolute Gasteiger partial charge is 0.489 e. The molecule has 0 aliphatic heterocycles. The van der Waals surface area contributed by atoms with Crippen molar-refractivity contribution in [2.45, 2.75) is 44.8 Å². The molecule has 2 aromatic carbocycles. The van der Waals surface area contributed by atoms with Crippen LogP contribution in [-0.2, 0) is 6.61 Å². The molecule has 3 rings (SSSR count). The van der Waals surface area contributed by atoms with Crippen LogP contribution in [0.1, 0.15) is 48.0 Å². The first-order valence-corrected chi connectivity index (χ1v) is 8.39. The monoisotopic (exact) mass is 309 g/mol. The van der Waals surface area contributed by atoms with Crippen LogP contribution in [0.4, 0.5) is 0 Å². The van der Waals surface area contributed by atoms with Crippen LogP contribution in [0.15, 0.2) is 54.6 Å². The van der Waals surface area contributed by atoms with E-state index in [1.54, 1.807) is 0 Å². The van der Waals surface area contributed by atoms with E-state index < -0.39 is 0 Å². The number of carbonyl (C=O) groups is 1. The molecule has 1 fully saturated rings. The van der Waals surface area contributed by atoms with Gasteiger partial charge in [-0.2, -0.15) is 0 Å². The van der Waals surface area contributed by atoms with E-state index in [9.17, 15) is 4.79 Å². The molecule has 1 aliphatic carbocycles. The molecule has 0 saturated heterocycles. The van der Waals surface area contributed by atoms with Gasteiger partial charge in [0.25, 0.3) is 5.91 Å². The smallest absolute Gasteiger partial charge is 0.251 e. The number of hydrogen-bond acceptors (Lipinski definition) is 2. The summed E-state index contributed by atoms with van der Waals surface area (Å²) >= 11 is 0. The van der Waals surface area contributed by atoms with Crippen LogP contribution in [0.2, 0.25) is 0 Å². The van der Waals surface area contributed by atoms with E-state index in [-0.39, 0.29) is 5.91 Å². The van der Waals surface area contributed by atoms with Crippen LogP contribution in [0.3, 0.4) is 0 Å². The molecule has 1 saturated carbocycles. The first kappa shape index (κ1) is 15.6. The lowest BCUT2D eigenvalue weighted by atomic mass is 9.95. The average Bonchev–Trinajstić information content (AvgIpc) is 2.62. The van der Waals surface area contributed by atoms with Crippen molar-refractivity contribution in [2.75, 3.05) is 0 Å². The topological polar surface area (TPSA) is 38.3 Å². The third-order valence-electron chi connectivity index (χ3n) is 4.34. The molecule has 0 atom stereocenters. The summed E-state index contributed by atoms with van der Waals surface area (Å²) in [5.74, 6) is 0.833. The van der Waals surface area contributed by atoms with Crippen molar-refractivity contribution in [1.82, 2.24) is 5.32 Å². The molecule has 0 spiro atoms. The second-order valence-electron chi connectivity index (χ2n) is 6.07. The molecule has 1 N–H and O–H groups in total. The Balaban J connectivity index is 1.65. The third-order valence-corrected chi connectivity index (χ3v) is 4.34. The summed E-state index contributed by atoms with van der Waals surface area (Å²) in [6.45, 7) is 0.401. The Morgan fingerprint density at radius 2 is 1.65 bits per heavy atom. The van der Waals surface area contributed by atoms with Gasteiger partial charge in [-0.15, -0.1) is 0 Å². The zero-order valence-corrected chi connectivity index (χ0v) is 13.3. The maximum absolute atomic E-state index is 12.6. The summed E-state index contributed by atoms with van der Waals surface area (Å²) in [5, 5.41) is 3.18. The highest BCUT2D eigenvalue weighted by Crippen LogP contribution is 2.19. The van der Waals surface area contributed by atoms with Gasteiger partial charge in [-0.3, -0.25) is 4.79 Å². The number of nitrogens with one attached hydrogen (secondary N) is 1. The molecular weight excluding hydrogens is 286 g/mol. The molecule has 1 aliphatic rings. The van der Waals surface area contributed by atoms with E-state index in [1.807, 2.05) is 54.6 Å². The van der Waals surface area contributed by atoms with Crippen LogP contribution in [-0.4, -0.2) is 11.9 Å². The lowest BCUT2D eigenvalue weighted by molar-refractivity contribution is 0.0925. The van der Waals surface area contributed by atoms with E-state index >= 15 is 0 Å². The van der Waals surface area contributed by atoms with E-state index in [1.165, 1.54) is 19.3 Å². The molecule has 3 heteroatoms. The molecule has 2 aromatic rings. The highest BCUT2D eigenvalue weighted by molar-refractivity contribution is 5.95. The quantitative estimate of drug-likeness (QED) is 0.893. The number of rotatable bonds is 5. The molecule has 3 nitrogen and oxygen atoms in total. The van der Waals surface area contributed by atoms with Crippen molar-refractivity contribution in [3.05, 3.63) is 65.7 Å². The summed E-state index contributed by atoms with van der Waals surface area (Å²) in [7, 11) is 0. The SMILES string of the molecule is O=C(NC1CCCCC1)c1ccccc1COc1ccccc1. The summed E-state index contributed by atoms with van der Waals surface area (Å²) < 4.78 is 5.79. The number of ether oxygens (including phenoxy) is 1. The van der Waals surface area contributed by atoms with Gasteiger partial charge in [-0.25, -0.2) is 0 Å². The Kier molecular flexibility index (Phi) is 5.30. The van der Waals surface area contributed by atoms with Gasteiger partial charge in [0.2, 0.25) is 0 Å². The second kappa shape index (κ2) is 7.82. The Morgan fingerprint density at radius 1 is 0.957 bits per heavy atom. The standard InChI is InChI=1S/C20H23NO2/c22-20(21-17-10-3-1-4-11-17)19-14-8-7-9-16(19)15-23-18-12-5-2-6-13-18/h2,5-9,12-14,17H,1,3-4,10-11,15H2,(H,21,22). The maximum Gasteiger partial charge on any atom is 0.251 e. The van der Waals surface area contributed by atoms with Crippen LogP contribution >= 0.6 is 0 Å². The van der Waals surface area contributed by atoms with Gasteiger partial charge in [-0.05, 0) is 31.0 Å². The fourth-order valence-electron chi connectivity index (χ4n) is 3.06. The molecule has 120 valence electrons. The average molecular weight is 309 g/mol. The highest BCUT2D eigenvalue weighted by Gasteiger charge is 2.18. The van der Waals surface area contributed by atoms with Crippen molar-refractivity contribution < 1.29 is 9.53 Å². The van der Waals surface area contributed by atoms with Gasteiger partial charge in [0.15, 0.2) is 0 Å². The van der Waals surface area contributed by atoms with Crippen LogP contribution in [0.5, 0.6) is 5.75 Å². The normalized spacial score (nSPS) is 15.1. The van der Waals surface area contributed by atoms with Gasteiger partial charge in [0.1, 0.15) is 12.4 Å². The van der Waals surface area contributed by atoms with E-state index in [4.69, 9.17) is 4.74 Å². The Hall–Kier alpha value is -2.29. The van der Waals surface area contributed by atoms with E-state index in [0.717, 1.165) is 24.2 Å². The first-order valence-electron chi connectivity index (χ1n) is 8.39. The third kappa shape index (κ3) is 4.35. The molecule has 23 heavy (non-hydrogen) atoms. The van der Waals surface area contributed by atoms with E-state index in [0.29, 0.717) is 18.2 Å². The van der Waals surface area contributed by atoms with Crippen molar-refractivity contribution >= 4 is 5.91 Å². The minimum Gasteiger partial charge on any atom is -0.489 e. The number of carbonyl (C=O) groups excluding carboxylic acids is 1. The molecule has 0 radical (unpaired) electrons. The Bertz CT molecular complexity index is 633. The van der Waals surface area contributed by atoms with Gasteiger partial charge in [0, 0.05) is 17.2 Å². The van der Waals surface area contributed by atoms with Gasteiger partial charge in [-0.1, -0.05) is 55.7 Å². The molecule has 0 unspecified atom stereocenters. The summed E-state index contributed by atoms with van der Waals surface area (Å²) in [6, 6.07) is 17.7. The predicted octanol–water partition coefficient (Wildman–Crippen LogP) is 4.33. The van der Waals surface area contributed by atoms with Crippen molar-refractivity contribution in [2.24, 2.45) is 0 Å². The summed E-state index contributed by atoms with van der Waals surface area (Å²) in [5.41, 5.74) is 1.64. The lowest BCUT2D eigenvalue weighted by Crippen LogP contribution is -2.36. The Morgan fingerprint density at radius 3 is 2.43 bits per heavy atom. The Labute approximate surface area is 137 Å². The zero-order chi connectivity index (χ0) is 15.9. The van der Waals surface area contributed by atoms with Crippen molar-refractivity contribution in [3.8, 4) is 5.75 Å². The van der Waals surface area contributed by atoms with Gasteiger partial charge < -0.3 is 10.1 Å². The minimum atomic E-state index is 0.0177. The molecule has 0 bridgehead atoms. The van der Waals surface area contributed by atoms with Gasteiger partial charge in [0.05, 0.1) is 0 Å². The molecule has 0 heterocycles. The number of hydrogen-bond donors (Lipinski definition) is 1. The molecule has 0 aromatic heterocycles. The maximum atomic E-state index is 12.6.